The van der Waals surface area contributed by atoms with E-state index >= 15 is 0 Å². The Balaban J connectivity index is 0.000000165. The lowest BCUT2D eigenvalue weighted by atomic mass is 10.1. The fraction of sp³-hybridized carbons (Fsp3) is 0.263. The molecular weight excluding hydrogens is 738 g/mol. The van der Waals surface area contributed by atoms with E-state index < -0.39 is 46.0 Å². The molecule has 2 saturated heterocycles. The first-order chi connectivity index (χ1) is 26.4. The topological polar surface area (TPSA) is 138 Å². The lowest BCUT2D eigenvalue weighted by Gasteiger charge is -2.14. The Morgan fingerprint density at radius 2 is 1.16 bits per heavy atom. The van der Waals surface area contributed by atoms with E-state index in [0.29, 0.717) is 60.9 Å². The average molecular weight is 771 g/mol. The Hall–Kier alpha value is -5.78. The maximum Gasteiger partial charge on any atom is 0.280 e. The highest BCUT2D eigenvalue weighted by atomic mass is 19.2. The fourth-order valence-electron chi connectivity index (χ4n) is 5.82. The van der Waals surface area contributed by atoms with E-state index in [4.69, 9.17) is 19.3 Å². The largest absolute Gasteiger partial charge is 0.508 e. The molecule has 2 N–H and O–H groups in total. The lowest BCUT2D eigenvalue weighted by Crippen LogP contribution is -2.17. The van der Waals surface area contributed by atoms with Crippen LogP contribution in [0.3, 0.4) is 0 Å². The van der Waals surface area contributed by atoms with Crippen LogP contribution in [-0.4, -0.2) is 68.0 Å². The van der Waals surface area contributed by atoms with E-state index in [-0.39, 0.29) is 52.9 Å². The van der Waals surface area contributed by atoms with Gasteiger partial charge in [-0.25, -0.2) is 26.3 Å². The van der Waals surface area contributed by atoms with Crippen molar-refractivity contribution in [2.24, 2.45) is 0 Å². The first-order valence-corrected chi connectivity index (χ1v) is 16.8. The summed E-state index contributed by atoms with van der Waals surface area (Å²) in [6.07, 6.45) is 3.68. The van der Waals surface area contributed by atoms with Crippen LogP contribution in [0, 0.1) is 34.9 Å². The molecule has 0 aliphatic carbocycles. The lowest BCUT2D eigenvalue weighted by molar-refractivity contribution is 0.127. The zero-order valence-electron chi connectivity index (χ0n) is 28.7. The first kappa shape index (κ1) is 38.9. The summed E-state index contributed by atoms with van der Waals surface area (Å²) in [6, 6.07) is 11.3. The van der Waals surface area contributed by atoms with Gasteiger partial charge in [-0.2, -0.15) is 9.97 Å². The molecule has 0 amide bonds. The molecule has 2 aromatic heterocycles. The Labute approximate surface area is 307 Å². The van der Waals surface area contributed by atoms with Gasteiger partial charge in [0.25, 0.3) is 11.1 Å². The van der Waals surface area contributed by atoms with Gasteiger partial charge in [0.15, 0.2) is 0 Å². The summed E-state index contributed by atoms with van der Waals surface area (Å²) in [6.45, 7) is 1.88. The third-order valence-electron chi connectivity index (χ3n) is 8.62. The molecule has 11 nitrogen and oxygen atoms in total. The molecule has 2 atom stereocenters. The van der Waals surface area contributed by atoms with Gasteiger partial charge in [0.2, 0.25) is 0 Å². The molecule has 288 valence electrons. The molecule has 2 fully saturated rings. The Kier molecular flexibility index (Phi) is 12.1. The highest BCUT2D eigenvalue weighted by Gasteiger charge is 2.19. The maximum atomic E-state index is 14.0. The molecule has 2 aliphatic rings. The Morgan fingerprint density at radius 3 is 1.62 bits per heavy atom. The van der Waals surface area contributed by atoms with Gasteiger partial charge < -0.3 is 33.6 Å². The van der Waals surface area contributed by atoms with Crippen molar-refractivity contribution in [2.75, 3.05) is 26.4 Å². The predicted octanol–water partition coefficient (Wildman–Crippen LogP) is 5.37. The number of rotatable bonds is 6. The minimum absolute atomic E-state index is 0.0799. The Bertz CT molecular complexity index is 2400. The van der Waals surface area contributed by atoms with Crippen LogP contribution in [-0.2, 0) is 22.6 Å². The molecule has 0 spiro atoms. The van der Waals surface area contributed by atoms with Crippen molar-refractivity contribution < 1.29 is 50.8 Å². The van der Waals surface area contributed by atoms with Gasteiger partial charge in [0, 0.05) is 48.4 Å². The minimum Gasteiger partial charge on any atom is -0.508 e. The summed E-state index contributed by atoms with van der Waals surface area (Å²) < 4.78 is 100. The van der Waals surface area contributed by atoms with E-state index in [0.717, 1.165) is 25.8 Å². The number of phenols is 1. The number of aromatic hydroxyl groups is 1. The van der Waals surface area contributed by atoms with E-state index in [1.54, 1.807) is 18.2 Å². The number of aliphatic hydroxyl groups is 1. The van der Waals surface area contributed by atoms with Crippen LogP contribution in [0.4, 0.5) is 26.3 Å². The number of phenolic OH excluding ortho intramolecular Hbond substituents is 1. The van der Waals surface area contributed by atoms with E-state index in [1.807, 2.05) is 0 Å². The molecule has 0 radical (unpaired) electrons. The summed E-state index contributed by atoms with van der Waals surface area (Å²) in [5, 5.41) is 18.4. The van der Waals surface area contributed by atoms with Crippen LogP contribution in [0.1, 0.15) is 24.0 Å². The molecule has 2 aliphatic heterocycles. The average Bonchev–Trinajstić information content (AvgIpc) is 3.84. The third kappa shape index (κ3) is 9.48. The highest BCUT2D eigenvalue weighted by Crippen LogP contribution is 2.24. The molecule has 0 saturated carbocycles. The number of ether oxygens (including phenoxy) is 3. The molecule has 0 bridgehead atoms. The van der Waals surface area contributed by atoms with Crippen molar-refractivity contribution in [1.82, 2.24) is 19.1 Å². The van der Waals surface area contributed by atoms with Crippen LogP contribution in [0.25, 0.3) is 21.8 Å². The molecule has 4 heterocycles. The second-order valence-corrected chi connectivity index (χ2v) is 12.6. The second-order valence-electron chi connectivity index (χ2n) is 12.6. The zero-order chi connectivity index (χ0) is 39.2. The summed E-state index contributed by atoms with van der Waals surface area (Å²) in [7, 11) is 0. The Morgan fingerprint density at radius 1 is 0.673 bits per heavy atom. The van der Waals surface area contributed by atoms with E-state index in [2.05, 4.69) is 9.97 Å². The number of fused-ring (bicyclic) bond motifs is 2. The predicted molar refractivity (Wildman–Crippen MR) is 186 cm³/mol. The van der Waals surface area contributed by atoms with Crippen molar-refractivity contribution in [1.29, 1.82) is 0 Å². The van der Waals surface area contributed by atoms with Crippen LogP contribution < -0.4 is 15.9 Å². The van der Waals surface area contributed by atoms with Gasteiger partial charge in [0.05, 0.1) is 73.5 Å². The summed E-state index contributed by atoms with van der Waals surface area (Å²) >= 11 is 0. The first-order valence-electron chi connectivity index (χ1n) is 16.8. The second kappa shape index (κ2) is 17.1. The van der Waals surface area contributed by atoms with E-state index in [9.17, 15) is 41.0 Å². The van der Waals surface area contributed by atoms with Crippen molar-refractivity contribution in [3.63, 3.8) is 0 Å². The summed E-state index contributed by atoms with van der Waals surface area (Å²) in [5.74, 6) is -5.68. The SMILES string of the molecule is O=c1ncn(Cc2c(F)cc(F)cc2F)c2ccc(O)cc12.O=c1ncn(Cc2c(F)cc(F)cc2F)c2ccc(OC3CCOC3)cc12.OC1CCOC1. The third-order valence-corrected chi connectivity index (χ3v) is 8.62. The number of hydrogen-bond acceptors (Lipinski definition) is 9. The molecule has 8 rings (SSSR count). The number of aliphatic hydroxyl groups excluding tert-OH is 1. The number of halogens is 6. The van der Waals surface area contributed by atoms with Gasteiger partial charge in [0.1, 0.15) is 52.5 Å². The smallest absolute Gasteiger partial charge is 0.280 e. The standard InChI is InChI=1S/C19H15F3N2O3.C15H9F3N2O2.C4H8O2/c20-11-5-16(21)15(17(22)6-11)8-24-10-23-19(25)14-7-12(1-2-18(14)24)27-13-3-4-26-9-13;16-8-3-12(17)11(13(18)4-8)6-20-7-19-15(22)10-5-9(21)1-2-14(10)20;5-4-1-2-6-3-4/h1-2,5-7,10,13H,3-4,8-9H2;1-5,7,21H,6H2;4-5H,1-3H2. The molecule has 2 unspecified atom stereocenters. The van der Waals surface area contributed by atoms with Crippen LogP contribution >= 0.6 is 0 Å². The summed E-state index contributed by atoms with van der Waals surface area (Å²) in [4.78, 5) is 31.2. The molecule has 4 aromatic carbocycles. The number of hydrogen-bond donors (Lipinski definition) is 2. The van der Waals surface area contributed by atoms with Crippen molar-refractivity contribution >= 4 is 21.8 Å². The quantitative estimate of drug-likeness (QED) is 0.215. The maximum absolute atomic E-state index is 14.0. The van der Waals surface area contributed by atoms with Crippen molar-refractivity contribution in [3.8, 4) is 11.5 Å². The van der Waals surface area contributed by atoms with Gasteiger partial charge in [-0.3, -0.25) is 9.59 Å². The molecular formula is C38H32F6N4O7. The van der Waals surface area contributed by atoms with Crippen molar-refractivity contribution in [2.45, 2.75) is 38.1 Å². The molecule has 6 aromatic rings. The number of nitrogens with zero attached hydrogens (tertiary/aromatic N) is 4. The van der Waals surface area contributed by atoms with Crippen LogP contribution in [0.5, 0.6) is 11.5 Å². The van der Waals surface area contributed by atoms with E-state index in [1.165, 1.54) is 33.7 Å². The minimum atomic E-state index is -1.02. The van der Waals surface area contributed by atoms with Gasteiger partial charge in [-0.1, -0.05) is 0 Å². The molecule has 55 heavy (non-hydrogen) atoms. The van der Waals surface area contributed by atoms with Gasteiger partial charge in [-0.15, -0.1) is 0 Å². The number of benzene rings is 4. The number of aromatic nitrogens is 4. The van der Waals surface area contributed by atoms with Crippen molar-refractivity contribution in [3.05, 3.63) is 140 Å². The monoisotopic (exact) mass is 770 g/mol. The van der Waals surface area contributed by atoms with Gasteiger partial charge >= 0.3 is 0 Å². The fourth-order valence-corrected chi connectivity index (χ4v) is 5.82. The normalized spacial score (nSPS) is 16.4. The molecule has 17 heteroatoms. The highest BCUT2D eigenvalue weighted by molar-refractivity contribution is 5.80. The summed E-state index contributed by atoms with van der Waals surface area (Å²) in [5.41, 5.74) is -0.918. The zero-order valence-corrected chi connectivity index (χ0v) is 28.7. The van der Waals surface area contributed by atoms with Crippen LogP contribution in [0.15, 0.2) is 82.9 Å². The van der Waals surface area contributed by atoms with Gasteiger partial charge in [-0.05, 0) is 42.8 Å². The van der Waals surface area contributed by atoms with Crippen LogP contribution in [0.2, 0.25) is 0 Å².